The summed E-state index contributed by atoms with van der Waals surface area (Å²) in [5.41, 5.74) is 0. The molecule has 0 radical (unpaired) electrons. The van der Waals surface area contributed by atoms with Crippen molar-refractivity contribution >= 4 is 11.9 Å². The van der Waals surface area contributed by atoms with E-state index in [9.17, 15) is 9.59 Å². The Hall–Kier alpha value is -2.30. The lowest BCUT2D eigenvalue weighted by atomic mass is 10.2. The van der Waals surface area contributed by atoms with Crippen LogP contribution in [0.2, 0.25) is 0 Å². The maximum Gasteiger partial charge on any atom is 0.317 e. The smallest absolute Gasteiger partial charge is 0.317 e. The van der Waals surface area contributed by atoms with E-state index in [-0.39, 0.29) is 37.9 Å². The van der Waals surface area contributed by atoms with Crippen molar-refractivity contribution in [3.63, 3.8) is 0 Å². The molecule has 0 spiro atoms. The number of carboxylic acid groups (broad SMARTS) is 2. The summed E-state index contributed by atoms with van der Waals surface area (Å²) >= 11 is 0. The van der Waals surface area contributed by atoms with Gasteiger partial charge in [0, 0.05) is 6.54 Å². The van der Waals surface area contributed by atoms with Crippen LogP contribution in [-0.4, -0.2) is 68.6 Å². The molecule has 0 heterocycles. The summed E-state index contributed by atoms with van der Waals surface area (Å²) in [4.78, 5) is 31.6. The van der Waals surface area contributed by atoms with E-state index in [1.807, 2.05) is 0 Å². The first kappa shape index (κ1) is 19.7. The van der Waals surface area contributed by atoms with Gasteiger partial charge in [0.05, 0.1) is 13.1 Å². The lowest BCUT2D eigenvalue weighted by Crippen LogP contribution is -2.35. The fourth-order valence-electron chi connectivity index (χ4n) is 1.69. The SMILES string of the molecule is C=C(OO)N(CCCCN(CC(=O)O)CC(=O)O)C(=C)OO. The highest BCUT2D eigenvalue weighted by Gasteiger charge is 2.16. The molecule has 0 aromatic heterocycles. The molecule has 0 aliphatic heterocycles. The second-order valence-corrected chi connectivity index (χ2v) is 4.33. The van der Waals surface area contributed by atoms with Gasteiger partial charge < -0.3 is 20.0 Å². The summed E-state index contributed by atoms with van der Waals surface area (Å²) in [6.45, 7) is 6.42. The number of nitrogens with zero attached hydrogens (tertiary/aromatic N) is 2. The molecule has 0 saturated heterocycles. The fourth-order valence-corrected chi connectivity index (χ4v) is 1.69. The molecule has 0 atom stereocenters. The van der Waals surface area contributed by atoms with E-state index >= 15 is 0 Å². The van der Waals surface area contributed by atoms with E-state index in [1.54, 1.807) is 0 Å². The van der Waals surface area contributed by atoms with Gasteiger partial charge in [0.1, 0.15) is 0 Å². The zero-order chi connectivity index (χ0) is 17.1. The van der Waals surface area contributed by atoms with Gasteiger partial charge in [0.15, 0.2) is 0 Å². The minimum Gasteiger partial charge on any atom is -0.480 e. The maximum absolute atomic E-state index is 10.6. The second kappa shape index (κ2) is 10.4. The molecule has 0 fully saturated rings. The van der Waals surface area contributed by atoms with Crippen molar-refractivity contribution in [2.24, 2.45) is 0 Å². The van der Waals surface area contributed by atoms with Crippen molar-refractivity contribution in [2.45, 2.75) is 12.8 Å². The third-order valence-electron chi connectivity index (χ3n) is 2.64. The summed E-state index contributed by atoms with van der Waals surface area (Å²) in [5.74, 6) is -2.67. The van der Waals surface area contributed by atoms with Gasteiger partial charge in [-0.25, -0.2) is 10.5 Å². The molecule has 0 aromatic rings. The van der Waals surface area contributed by atoms with Crippen LogP contribution in [-0.2, 0) is 19.4 Å². The molecule has 22 heavy (non-hydrogen) atoms. The Bertz CT molecular complexity index is 380. The Balaban J connectivity index is 4.33. The van der Waals surface area contributed by atoms with Crippen molar-refractivity contribution in [1.29, 1.82) is 0 Å². The molecule has 4 N–H and O–H groups in total. The van der Waals surface area contributed by atoms with Crippen LogP contribution >= 0.6 is 0 Å². The van der Waals surface area contributed by atoms with E-state index in [2.05, 4.69) is 22.9 Å². The predicted molar refractivity (Wildman–Crippen MR) is 73.4 cm³/mol. The Morgan fingerprint density at radius 3 is 1.64 bits per heavy atom. The van der Waals surface area contributed by atoms with E-state index in [0.29, 0.717) is 12.8 Å². The van der Waals surface area contributed by atoms with Crippen molar-refractivity contribution in [3.05, 3.63) is 24.9 Å². The molecular formula is C12H20N2O8. The fraction of sp³-hybridized carbons (Fsp3) is 0.500. The minimum atomic E-state index is -1.12. The van der Waals surface area contributed by atoms with Gasteiger partial charge in [-0.3, -0.25) is 19.4 Å². The summed E-state index contributed by atoms with van der Waals surface area (Å²) in [5, 5.41) is 34.5. The molecule has 126 valence electrons. The van der Waals surface area contributed by atoms with Crippen LogP contribution < -0.4 is 0 Å². The minimum absolute atomic E-state index is 0.201. The molecule has 10 nitrogen and oxygen atoms in total. The second-order valence-electron chi connectivity index (χ2n) is 4.33. The first-order valence-corrected chi connectivity index (χ1v) is 6.26. The van der Waals surface area contributed by atoms with Gasteiger partial charge in [-0.15, -0.1) is 0 Å². The molecule has 0 bridgehead atoms. The Kier molecular flexibility index (Phi) is 9.34. The van der Waals surface area contributed by atoms with E-state index in [4.69, 9.17) is 20.7 Å². The molecule has 10 heteroatoms. The predicted octanol–water partition coefficient (Wildman–Crippen LogP) is 0.461. The number of hydrogen-bond acceptors (Lipinski definition) is 8. The van der Waals surface area contributed by atoms with Crippen LogP contribution in [0.5, 0.6) is 0 Å². The number of hydrogen-bond donors (Lipinski definition) is 4. The van der Waals surface area contributed by atoms with Gasteiger partial charge in [-0.1, -0.05) is 0 Å². The average molecular weight is 320 g/mol. The zero-order valence-corrected chi connectivity index (χ0v) is 12.0. The average Bonchev–Trinajstić information content (AvgIpc) is 2.44. The van der Waals surface area contributed by atoms with Crippen molar-refractivity contribution in [3.8, 4) is 0 Å². The van der Waals surface area contributed by atoms with Gasteiger partial charge in [0.2, 0.25) is 11.8 Å². The van der Waals surface area contributed by atoms with Crippen LogP contribution in [0.25, 0.3) is 0 Å². The van der Waals surface area contributed by atoms with Gasteiger partial charge in [-0.05, 0) is 32.5 Å². The first-order valence-electron chi connectivity index (χ1n) is 6.26. The largest absolute Gasteiger partial charge is 0.480 e. The third kappa shape index (κ3) is 8.09. The van der Waals surface area contributed by atoms with Crippen molar-refractivity contribution < 1.29 is 40.1 Å². The monoisotopic (exact) mass is 320 g/mol. The Labute approximate surface area is 126 Å². The summed E-state index contributed by atoms with van der Waals surface area (Å²) < 4.78 is 0. The van der Waals surface area contributed by atoms with Crippen LogP contribution in [0.3, 0.4) is 0 Å². The molecule has 0 aromatic carbocycles. The molecule has 0 unspecified atom stereocenters. The topological polar surface area (TPSA) is 140 Å². The van der Waals surface area contributed by atoms with Crippen LogP contribution in [0.15, 0.2) is 24.9 Å². The third-order valence-corrected chi connectivity index (χ3v) is 2.64. The van der Waals surface area contributed by atoms with Crippen LogP contribution in [0.1, 0.15) is 12.8 Å². The molecule has 0 rings (SSSR count). The number of rotatable bonds is 13. The number of carboxylic acids is 2. The van der Waals surface area contributed by atoms with Crippen LogP contribution in [0, 0.1) is 0 Å². The lowest BCUT2D eigenvalue weighted by molar-refractivity contribution is -0.251. The highest BCUT2D eigenvalue weighted by atomic mass is 17.1. The van der Waals surface area contributed by atoms with Gasteiger partial charge >= 0.3 is 11.9 Å². The van der Waals surface area contributed by atoms with E-state index < -0.39 is 11.9 Å². The van der Waals surface area contributed by atoms with Crippen molar-refractivity contribution in [1.82, 2.24) is 9.80 Å². The maximum atomic E-state index is 10.6. The molecule has 0 amide bonds. The van der Waals surface area contributed by atoms with Gasteiger partial charge in [0.25, 0.3) is 0 Å². The molecule has 0 saturated carbocycles. The number of aliphatic carboxylic acids is 2. The van der Waals surface area contributed by atoms with E-state index in [1.165, 1.54) is 4.90 Å². The lowest BCUT2D eigenvalue weighted by Gasteiger charge is -2.23. The molecule has 0 aliphatic carbocycles. The standard InChI is InChI=1S/C12H20N2O8/c1-9(21-19)14(10(2)22-20)6-4-3-5-13(7-11(15)16)8-12(17)18/h19-20H,1-8H2,(H,15,16)(H,17,18). The van der Waals surface area contributed by atoms with Crippen molar-refractivity contribution in [2.75, 3.05) is 26.2 Å². The summed E-state index contributed by atoms with van der Waals surface area (Å²) in [6, 6.07) is 0. The number of unbranched alkanes of at least 4 members (excludes halogenated alkanes) is 1. The Morgan fingerprint density at radius 1 is 0.864 bits per heavy atom. The first-order chi connectivity index (χ1) is 10.3. The number of carbonyl (C=O) groups is 2. The van der Waals surface area contributed by atoms with E-state index in [0.717, 1.165) is 4.90 Å². The zero-order valence-electron chi connectivity index (χ0n) is 12.0. The van der Waals surface area contributed by atoms with Gasteiger partial charge in [-0.2, -0.15) is 0 Å². The quantitative estimate of drug-likeness (QED) is 0.164. The van der Waals surface area contributed by atoms with Crippen LogP contribution in [0.4, 0.5) is 0 Å². The summed E-state index contributed by atoms with van der Waals surface area (Å²) in [6.07, 6.45) is 0.898. The summed E-state index contributed by atoms with van der Waals surface area (Å²) in [7, 11) is 0. The normalized spacial score (nSPS) is 10.1. The molecule has 0 aliphatic rings. The Morgan fingerprint density at radius 2 is 1.27 bits per heavy atom. The highest BCUT2D eigenvalue weighted by Crippen LogP contribution is 2.12. The molecular weight excluding hydrogens is 300 g/mol. The highest BCUT2D eigenvalue weighted by molar-refractivity contribution is 5.72.